The summed E-state index contributed by atoms with van der Waals surface area (Å²) in [6, 6.07) is 9.84. The number of benzene rings is 2. The summed E-state index contributed by atoms with van der Waals surface area (Å²) >= 11 is 1.17. The molecule has 0 spiro atoms. The van der Waals surface area contributed by atoms with E-state index in [1.807, 2.05) is 0 Å². The molecular formula is C23H25N3O6S3. The predicted molar refractivity (Wildman–Crippen MR) is 134 cm³/mol. The minimum Gasteiger partial charge on any atom is -0.497 e. The number of hydrogen-bond donors (Lipinski definition) is 0. The molecule has 1 unspecified atom stereocenters. The number of carbonyl (C=O) groups is 1. The van der Waals surface area contributed by atoms with Crippen LogP contribution in [-0.4, -0.2) is 57.6 Å². The van der Waals surface area contributed by atoms with E-state index >= 15 is 0 Å². The van der Waals surface area contributed by atoms with E-state index in [1.165, 1.54) is 41.0 Å². The van der Waals surface area contributed by atoms with Crippen LogP contribution in [0.2, 0.25) is 0 Å². The SMILES string of the molecule is C=CCn1c(=NC(=O)C2CCCN2S(=O)(=O)c2ccc(OC)cc2)sc2cc(S(C)(=O)=O)ccc21. The van der Waals surface area contributed by atoms with Crippen LogP contribution >= 0.6 is 11.3 Å². The highest BCUT2D eigenvalue weighted by molar-refractivity contribution is 7.90. The van der Waals surface area contributed by atoms with Crippen molar-refractivity contribution >= 4 is 47.3 Å². The summed E-state index contributed by atoms with van der Waals surface area (Å²) in [5, 5.41) is 0. The van der Waals surface area contributed by atoms with Gasteiger partial charge in [0, 0.05) is 19.3 Å². The maximum Gasteiger partial charge on any atom is 0.266 e. The number of rotatable bonds is 7. The largest absolute Gasteiger partial charge is 0.497 e. The third kappa shape index (κ3) is 4.96. The third-order valence-electron chi connectivity index (χ3n) is 5.75. The highest BCUT2D eigenvalue weighted by Crippen LogP contribution is 2.28. The van der Waals surface area contributed by atoms with Crippen LogP contribution in [0.5, 0.6) is 5.75 Å². The highest BCUT2D eigenvalue weighted by Gasteiger charge is 2.39. The number of thiazole rings is 1. The summed E-state index contributed by atoms with van der Waals surface area (Å²) in [6.07, 6.45) is 3.68. The Morgan fingerprint density at radius 2 is 1.86 bits per heavy atom. The van der Waals surface area contributed by atoms with Crippen molar-refractivity contribution in [3.8, 4) is 5.75 Å². The van der Waals surface area contributed by atoms with Crippen LogP contribution in [0, 0.1) is 0 Å². The summed E-state index contributed by atoms with van der Waals surface area (Å²) in [4.78, 5) is 18.1. The van der Waals surface area contributed by atoms with Crippen molar-refractivity contribution in [3.05, 3.63) is 59.9 Å². The number of sulfone groups is 1. The molecule has 1 fully saturated rings. The molecule has 186 valence electrons. The number of nitrogens with zero attached hydrogens (tertiary/aromatic N) is 3. The lowest BCUT2D eigenvalue weighted by molar-refractivity contribution is -0.121. The molecule has 0 aliphatic carbocycles. The molecule has 1 aliphatic heterocycles. The molecule has 3 aromatic rings. The van der Waals surface area contributed by atoms with Crippen molar-refractivity contribution in [2.75, 3.05) is 19.9 Å². The minimum absolute atomic E-state index is 0.0786. The number of hydrogen-bond acceptors (Lipinski definition) is 7. The van der Waals surface area contributed by atoms with E-state index in [1.54, 1.807) is 34.9 Å². The quantitative estimate of drug-likeness (QED) is 0.430. The number of ether oxygens (including phenoxy) is 1. The minimum atomic E-state index is -3.91. The Kier molecular flexibility index (Phi) is 7.00. The van der Waals surface area contributed by atoms with Crippen LogP contribution in [0.1, 0.15) is 12.8 Å². The van der Waals surface area contributed by atoms with Crippen LogP contribution in [0.4, 0.5) is 0 Å². The van der Waals surface area contributed by atoms with E-state index in [2.05, 4.69) is 11.6 Å². The molecular weight excluding hydrogens is 510 g/mol. The topological polar surface area (TPSA) is 115 Å². The lowest BCUT2D eigenvalue weighted by Crippen LogP contribution is -2.40. The summed E-state index contributed by atoms with van der Waals surface area (Å²) in [7, 11) is -5.81. The normalized spacial score (nSPS) is 17.7. The molecule has 1 aromatic heterocycles. The van der Waals surface area contributed by atoms with Gasteiger partial charge in [0.2, 0.25) is 10.0 Å². The fourth-order valence-electron chi connectivity index (χ4n) is 4.00. The predicted octanol–water partition coefficient (Wildman–Crippen LogP) is 2.58. The maximum atomic E-state index is 13.3. The number of amides is 1. The van der Waals surface area contributed by atoms with Gasteiger partial charge < -0.3 is 9.30 Å². The molecule has 0 saturated carbocycles. The van der Waals surface area contributed by atoms with Crippen molar-refractivity contribution in [1.29, 1.82) is 0 Å². The molecule has 12 heteroatoms. The molecule has 2 heterocycles. The second-order valence-corrected chi connectivity index (χ2v) is 13.0. The summed E-state index contributed by atoms with van der Waals surface area (Å²) in [6.45, 7) is 4.32. The monoisotopic (exact) mass is 535 g/mol. The zero-order valence-electron chi connectivity index (χ0n) is 19.2. The van der Waals surface area contributed by atoms with Crippen LogP contribution in [0.3, 0.4) is 0 Å². The third-order valence-corrected chi connectivity index (χ3v) is 9.83. The van der Waals surface area contributed by atoms with Gasteiger partial charge in [0.1, 0.15) is 11.8 Å². The Morgan fingerprint density at radius 1 is 1.17 bits per heavy atom. The van der Waals surface area contributed by atoms with Crippen molar-refractivity contribution in [1.82, 2.24) is 8.87 Å². The van der Waals surface area contributed by atoms with Crippen LogP contribution in [-0.2, 0) is 31.2 Å². The van der Waals surface area contributed by atoms with Gasteiger partial charge in [-0.15, -0.1) is 6.58 Å². The summed E-state index contributed by atoms with van der Waals surface area (Å²) < 4.78 is 59.2. The molecule has 35 heavy (non-hydrogen) atoms. The zero-order valence-corrected chi connectivity index (χ0v) is 21.7. The lowest BCUT2D eigenvalue weighted by Gasteiger charge is -2.21. The van der Waals surface area contributed by atoms with Gasteiger partial charge in [-0.1, -0.05) is 17.4 Å². The lowest BCUT2D eigenvalue weighted by atomic mass is 10.2. The number of allylic oxidation sites excluding steroid dienone is 1. The summed E-state index contributed by atoms with van der Waals surface area (Å²) in [5.74, 6) is -0.0316. The molecule has 4 rings (SSSR count). The zero-order chi connectivity index (χ0) is 25.4. The molecule has 1 saturated heterocycles. The molecule has 0 bridgehead atoms. The molecule has 0 N–H and O–H groups in total. The van der Waals surface area contributed by atoms with Gasteiger partial charge in [-0.05, 0) is 55.3 Å². The molecule has 2 aromatic carbocycles. The van der Waals surface area contributed by atoms with E-state index in [4.69, 9.17) is 4.74 Å². The average Bonchev–Trinajstić information content (AvgIpc) is 3.44. The fraction of sp³-hybridized carbons (Fsp3) is 0.304. The van der Waals surface area contributed by atoms with Gasteiger partial charge in [0.15, 0.2) is 14.6 Å². The van der Waals surface area contributed by atoms with E-state index in [0.717, 1.165) is 6.26 Å². The van der Waals surface area contributed by atoms with Gasteiger partial charge in [-0.3, -0.25) is 4.79 Å². The number of aromatic nitrogens is 1. The molecule has 1 amide bonds. The van der Waals surface area contributed by atoms with Crippen LogP contribution < -0.4 is 9.54 Å². The van der Waals surface area contributed by atoms with Gasteiger partial charge >= 0.3 is 0 Å². The number of methoxy groups -OCH3 is 1. The van der Waals surface area contributed by atoms with Crippen LogP contribution in [0.15, 0.2) is 69.9 Å². The van der Waals surface area contributed by atoms with Gasteiger partial charge in [-0.25, -0.2) is 16.8 Å². The molecule has 9 nitrogen and oxygen atoms in total. The number of sulfonamides is 1. The van der Waals surface area contributed by atoms with E-state index in [9.17, 15) is 21.6 Å². The van der Waals surface area contributed by atoms with Gasteiger partial charge in [0.05, 0.1) is 27.1 Å². The number of carbonyl (C=O) groups excluding carboxylic acids is 1. The Bertz CT molecular complexity index is 1570. The first kappa shape index (κ1) is 25.3. The van der Waals surface area contributed by atoms with Crippen molar-refractivity contribution < 1.29 is 26.4 Å². The first-order valence-electron chi connectivity index (χ1n) is 10.7. The molecule has 0 radical (unpaired) electrons. The van der Waals surface area contributed by atoms with Crippen LogP contribution in [0.25, 0.3) is 10.2 Å². The van der Waals surface area contributed by atoms with Crippen molar-refractivity contribution in [2.45, 2.75) is 35.2 Å². The summed E-state index contributed by atoms with van der Waals surface area (Å²) in [5.41, 5.74) is 0.711. The van der Waals surface area contributed by atoms with Gasteiger partial charge in [-0.2, -0.15) is 9.30 Å². The maximum absolute atomic E-state index is 13.3. The highest BCUT2D eigenvalue weighted by atomic mass is 32.2. The standard InChI is InChI=1S/C23H25N3O6S3/c1-4-13-25-19-12-11-18(34(3,28)29)15-21(19)33-23(25)24-22(27)20-6-5-14-26(20)35(30,31)17-9-7-16(32-2)8-10-17/h4,7-12,15,20H,1,5-6,13-14H2,2-3H3. The smallest absolute Gasteiger partial charge is 0.266 e. The first-order valence-corrected chi connectivity index (χ1v) is 14.9. The Balaban J connectivity index is 1.73. The Morgan fingerprint density at radius 3 is 2.49 bits per heavy atom. The van der Waals surface area contributed by atoms with E-state index < -0.39 is 31.8 Å². The fourth-order valence-corrected chi connectivity index (χ4v) is 7.46. The number of fused-ring (bicyclic) bond motifs is 1. The molecule has 1 atom stereocenters. The van der Waals surface area contributed by atoms with Gasteiger partial charge in [0.25, 0.3) is 5.91 Å². The van der Waals surface area contributed by atoms with Crippen molar-refractivity contribution in [2.24, 2.45) is 4.99 Å². The second kappa shape index (κ2) is 9.69. The Labute approximate surface area is 208 Å². The molecule has 1 aliphatic rings. The second-order valence-electron chi connectivity index (χ2n) is 8.08. The Hall–Kier alpha value is -2.80. The van der Waals surface area contributed by atoms with E-state index in [-0.39, 0.29) is 16.3 Å². The van der Waals surface area contributed by atoms with Crippen molar-refractivity contribution in [3.63, 3.8) is 0 Å². The van der Waals surface area contributed by atoms with E-state index in [0.29, 0.717) is 40.2 Å². The first-order chi connectivity index (χ1) is 16.6. The average molecular weight is 536 g/mol.